The number of nitrogens with zero attached hydrogens (tertiary/aromatic N) is 1. The summed E-state index contributed by atoms with van der Waals surface area (Å²) in [7, 11) is 0. The summed E-state index contributed by atoms with van der Waals surface area (Å²) in [5.74, 6) is 0.662. The molecule has 1 saturated heterocycles. The summed E-state index contributed by atoms with van der Waals surface area (Å²) in [5, 5.41) is 0. The minimum atomic E-state index is 0.0998. The normalized spacial score (nSPS) is 26.6. The minimum Gasteiger partial charge on any atom is -0.362 e. The summed E-state index contributed by atoms with van der Waals surface area (Å²) in [6.45, 7) is 5.89. The lowest BCUT2D eigenvalue weighted by atomic mass is 9.81. The Labute approximate surface area is 115 Å². The third-order valence-corrected chi connectivity index (χ3v) is 4.73. The molecule has 3 rings (SSSR count). The maximum atomic E-state index is 2.56. The van der Waals surface area contributed by atoms with Gasteiger partial charge in [-0.1, -0.05) is 55.5 Å². The maximum absolute atomic E-state index is 2.56. The van der Waals surface area contributed by atoms with Crippen LogP contribution in [0.1, 0.15) is 25.8 Å². The van der Waals surface area contributed by atoms with Crippen LogP contribution in [0.3, 0.4) is 0 Å². The molecule has 2 atom stereocenters. The Balaban J connectivity index is 2.06. The van der Waals surface area contributed by atoms with Crippen molar-refractivity contribution < 1.29 is 0 Å². The molecule has 2 aromatic carbocycles. The van der Waals surface area contributed by atoms with Crippen molar-refractivity contribution >= 4 is 5.69 Å². The van der Waals surface area contributed by atoms with Gasteiger partial charge in [0.2, 0.25) is 0 Å². The molecule has 98 valence electrons. The van der Waals surface area contributed by atoms with Gasteiger partial charge in [-0.05, 0) is 37.0 Å². The molecule has 0 saturated carbocycles. The fraction of sp³-hybridized carbons (Fsp3) is 0.333. The molecule has 0 aromatic heterocycles. The van der Waals surface area contributed by atoms with Crippen LogP contribution >= 0.6 is 0 Å². The van der Waals surface area contributed by atoms with E-state index >= 15 is 0 Å². The quantitative estimate of drug-likeness (QED) is 0.762. The Bertz CT molecular complexity index is 534. The van der Waals surface area contributed by atoms with Crippen molar-refractivity contribution in [3.05, 3.63) is 66.2 Å². The monoisotopic (exact) mass is 251 g/mol. The molecule has 1 fully saturated rings. The van der Waals surface area contributed by atoms with Crippen LogP contribution in [-0.4, -0.2) is 6.54 Å². The zero-order valence-electron chi connectivity index (χ0n) is 11.7. The zero-order chi connectivity index (χ0) is 13.3. The van der Waals surface area contributed by atoms with Crippen molar-refractivity contribution in [3.8, 4) is 0 Å². The second-order valence-electron chi connectivity index (χ2n) is 5.69. The lowest BCUT2D eigenvalue weighted by molar-refractivity contribution is 0.372. The minimum absolute atomic E-state index is 0.0998. The van der Waals surface area contributed by atoms with Gasteiger partial charge in [-0.15, -0.1) is 0 Å². The predicted molar refractivity (Wildman–Crippen MR) is 81.4 cm³/mol. The van der Waals surface area contributed by atoms with Gasteiger partial charge in [0.05, 0.1) is 5.54 Å². The van der Waals surface area contributed by atoms with E-state index in [9.17, 15) is 0 Å². The Morgan fingerprint density at radius 3 is 2.16 bits per heavy atom. The number of anilines is 1. The zero-order valence-corrected chi connectivity index (χ0v) is 11.7. The molecule has 1 heteroatoms. The second kappa shape index (κ2) is 4.73. The summed E-state index contributed by atoms with van der Waals surface area (Å²) < 4.78 is 0. The van der Waals surface area contributed by atoms with Crippen LogP contribution in [-0.2, 0) is 5.54 Å². The first-order valence-corrected chi connectivity index (χ1v) is 7.11. The number of hydrogen-bond donors (Lipinski definition) is 0. The van der Waals surface area contributed by atoms with Crippen molar-refractivity contribution in [1.29, 1.82) is 0 Å². The van der Waals surface area contributed by atoms with E-state index in [1.165, 1.54) is 17.7 Å². The van der Waals surface area contributed by atoms with Gasteiger partial charge in [-0.2, -0.15) is 0 Å². The molecule has 0 spiro atoms. The van der Waals surface area contributed by atoms with Crippen LogP contribution in [0, 0.1) is 5.92 Å². The fourth-order valence-electron chi connectivity index (χ4n) is 3.32. The molecule has 0 bridgehead atoms. The van der Waals surface area contributed by atoms with Crippen LogP contribution in [0.2, 0.25) is 0 Å². The average molecular weight is 251 g/mol. The molecular weight excluding hydrogens is 230 g/mol. The van der Waals surface area contributed by atoms with E-state index in [0.29, 0.717) is 5.92 Å². The number of hydrogen-bond acceptors (Lipinski definition) is 1. The van der Waals surface area contributed by atoms with Crippen LogP contribution in [0.4, 0.5) is 5.69 Å². The van der Waals surface area contributed by atoms with E-state index in [1.54, 1.807) is 0 Å². The third kappa shape index (κ3) is 1.94. The van der Waals surface area contributed by atoms with Crippen molar-refractivity contribution in [2.45, 2.75) is 25.8 Å². The first-order chi connectivity index (χ1) is 9.23. The first kappa shape index (κ1) is 12.3. The lowest BCUT2D eigenvalue weighted by Gasteiger charge is -2.40. The van der Waals surface area contributed by atoms with Crippen molar-refractivity contribution in [2.75, 3.05) is 11.4 Å². The van der Waals surface area contributed by atoms with Gasteiger partial charge in [-0.3, -0.25) is 0 Å². The van der Waals surface area contributed by atoms with Gasteiger partial charge in [0.25, 0.3) is 0 Å². The summed E-state index contributed by atoms with van der Waals surface area (Å²) in [6, 6.07) is 21.7. The molecule has 1 aliphatic heterocycles. The van der Waals surface area contributed by atoms with Gasteiger partial charge >= 0.3 is 0 Å². The van der Waals surface area contributed by atoms with Gasteiger partial charge in [0.1, 0.15) is 0 Å². The standard InChI is InChI=1S/C18H21N/c1-15-13-14-19(17-11-7-4-8-12-17)18(15,2)16-9-5-3-6-10-16/h3-12,15H,13-14H2,1-2H3. The largest absolute Gasteiger partial charge is 0.362 e. The molecular formula is C18H21N. The highest BCUT2D eigenvalue weighted by atomic mass is 15.2. The lowest BCUT2D eigenvalue weighted by Crippen LogP contribution is -2.42. The van der Waals surface area contributed by atoms with E-state index in [4.69, 9.17) is 0 Å². The van der Waals surface area contributed by atoms with Gasteiger partial charge in [0.15, 0.2) is 0 Å². The van der Waals surface area contributed by atoms with E-state index in [-0.39, 0.29) is 5.54 Å². The predicted octanol–water partition coefficient (Wildman–Crippen LogP) is 4.45. The number of rotatable bonds is 2. The Morgan fingerprint density at radius 2 is 1.53 bits per heavy atom. The van der Waals surface area contributed by atoms with Gasteiger partial charge < -0.3 is 4.90 Å². The van der Waals surface area contributed by atoms with Crippen LogP contribution in [0.25, 0.3) is 0 Å². The molecule has 0 amide bonds. The molecule has 1 aliphatic rings. The summed E-state index contributed by atoms with van der Waals surface area (Å²) in [6.07, 6.45) is 1.25. The van der Waals surface area contributed by atoms with E-state index in [2.05, 4.69) is 79.4 Å². The molecule has 19 heavy (non-hydrogen) atoms. The summed E-state index contributed by atoms with van der Waals surface area (Å²) in [4.78, 5) is 2.56. The smallest absolute Gasteiger partial charge is 0.0651 e. The first-order valence-electron chi connectivity index (χ1n) is 7.11. The maximum Gasteiger partial charge on any atom is 0.0651 e. The molecule has 0 N–H and O–H groups in total. The van der Waals surface area contributed by atoms with Crippen molar-refractivity contribution in [2.24, 2.45) is 5.92 Å². The topological polar surface area (TPSA) is 3.24 Å². The highest BCUT2D eigenvalue weighted by Gasteiger charge is 2.43. The van der Waals surface area contributed by atoms with E-state index in [0.717, 1.165) is 6.54 Å². The Hall–Kier alpha value is -1.76. The van der Waals surface area contributed by atoms with E-state index in [1.807, 2.05) is 0 Å². The van der Waals surface area contributed by atoms with Crippen molar-refractivity contribution in [3.63, 3.8) is 0 Å². The molecule has 1 heterocycles. The number of benzene rings is 2. The van der Waals surface area contributed by atoms with Crippen LogP contribution in [0.15, 0.2) is 60.7 Å². The van der Waals surface area contributed by atoms with Gasteiger partial charge in [0, 0.05) is 12.2 Å². The Kier molecular flexibility index (Phi) is 3.06. The third-order valence-electron chi connectivity index (χ3n) is 4.73. The number of para-hydroxylation sites is 1. The van der Waals surface area contributed by atoms with Crippen LogP contribution < -0.4 is 4.90 Å². The summed E-state index contributed by atoms with van der Waals surface area (Å²) >= 11 is 0. The average Bonchev–Trinajstić information content (AvgIpc) is 2.78. The molecule has 0 radical (unpaired) electrons. The van der Waals surface area contributed by atoms with Crippen LogP contribution in [0.5, 0.6) is 0 Å². The fourth-order valence-corrected chi connectivity index (χ4v) is 3.32. The molecule has 1 nitrogen and oxygen atoms in total. The summed E-state index contributed by atoms with van der Waals surface area (Å²) in [5.41, 5.74) is 2.85. The highest BCUT2D eigenvalue weighted by molar-refractivity contribution is 5.53. The SMILES string of the molecule is CC1CCN(c2ccccc2)C1(C)c1ccccc1. The molecule has 0 aliphatic carbocycles. The molecule has 2 aromatic rings. The molecule has 2 unspecified atom stereocenters. The highest BCUT2D eigenvalue weighted by Crippen LogP contribution is 2.45. The Morgan fingerprint density at radius 1 is 0.947 bits per heavy atom. The van der Waals surface area contributed by atoms with Crippen molar-refractivity contribution in [1.82, 2.24) is 0 Å². The van der Waals surface area contributed by atoms with E-state index < -0.39 is 0 Å². The van der Waals surface area contributed by atoms with Gasteiger partial charge in [-0.25, -0.2) is 0 Å². The second-order valence-corrected chi connectivity index (χ2v) is 5.69.